The number of fused-ring (bicyclic) bond motifs is 3. The Bertz CT molecular complexity index is 1120. The number of methoxy groups -OCH3 is 2. The van der Waals surface area contributed by atoms with E-state index in [-0.39, 0.29) is 18.5 Å². The van der Waals surface area contributed by atoms with E-state index in [9.17, 15) is 9.59 Å². The predicted molar refractivity (Wildman–Crippen MR) is 122 cm³/mol. The maximum atomic E-state index is 12.5. The van der Waals surface area contributed by atoms with Crippen molar-refractivity contribution in [1.29, 1.82) is 0 Å². The van der Waals surface area contributed by atoms with E-state index in [1.165, 1.54) is 10.9 Å². The standard InChI is InChI=1S/C24H28N4O4/c1-31-21-8-7-16(13-22(21)32-2)9-11-25-23(29)14-26-24(30)28-12-10-18-17-5-3-4-6-19(17)27-20(18)15-28/h3-8,13,27H,9-12,14-15H2,1-2H3,(H,25,29)(H,26,30). The number of hydrogen-bond acceptors (Lipinski definition) is 4. The number of para-hydroxylation sites is 1. The molecule has 0 aliphatic carbocycles. The van der Waals surface area contributed by atoms with Gasteiger partial charge in [-0.05, 0) is 42.2 Å². The number of carbonyl (C=O) groups is 2. The van der Waals surface area contributed by atoms with Crippen molar-refractivity contribution in [3.05, 3.63) is 59.3 Å². The summed E-state index contributed by atoms with van der Waals surface area (Å²) < 4.78 is 10.5. The van der Waals surface area contributed by atoms with E-state index in [0.29, 0.717) is 37.6 Å². The molecule has 8 nitrogen and oxygen atoms in total. The largest absolute Gasteiger partial charge is 0.493 e. The Morgan fingerprint density at radius 3 is 2.69 bits per heavy atom. The minimum Gasteiger partial charge on any atom is -0.493 e. The molecule has 168 valence electrons. The number of H-pyrrole nitrogens is 1. The van der Waals surface area contributed by atoms with E-state index in [1.807, 2.05) is 36.4 Å². The Morgan fingerprint density at radius 1 is 1.06 bits per heavy atom. The molecule has 0 saturated heterocycles. The van der Waals surface area contributed by atoms with Crippen LogP contribution in [0.15, 0.2) is 42.5 Å². The molecule has 1 aliphatic heterocycles. The van der Waals surface area contributed by atoms with Crippen LogP contribution in [0.3, 0.4) is 0 Å². The lowest BCUT2D eigenvalue weighted by Gasteiger charge is -2.27. The summed E-state index contributed by atoms with van der Waals surface area (Å²) in [7, 11) is 3.18. The van der Waals surface area contributed by atoms with Gasteiger partial charge in [0.15, 0.2) is 11.5 Å². The topological polar surface area (TPSA) is 95.7 Å². The maximum absolute atomic E-state index is 12.5. The third kappa shape index (κ3) is 4.64. The second-order valence-corrected chi connectivity index (χ2v) is 7.75. The summed E-state index contributed by atoms with van der Waals surface area (Å²) in [6, 6.07) is 13.6. The molecule has 0 spiro atoms. The Morgan fingerprint density at radius 2 is 1.88 bits per heavy atom. The van der Waals surface area contributed by atoms with Gasteiger partial charge in [-0.15, -0.1) is 0 Å². The van der Waals surface area contributed by atoms with Crippen molar-refractivity contribution in [2.45, 2.75) is 19.4 Å². The number of benzene rings is 2. The third-order valence-corrected chi connectivity index (χ3v) is 5.75. The number of nitrogens with zero attached hydrogens (tertiary/aromatic N) is 1. The number of hydrogen-bond donors (Lipinski definition) is 3. The Balaban J connectivity index is 1.22. The molecule has 4 rings (SSSR count). The van der Waals surface area contributed by atoms with Crippen LogP contribution in [0.2, 0.25) is 0 Å². The van der Waals surface area contributed by atoms with Crippen molar-refractivity contribution in [2.24, 2.45) is 0 Å². The normalized spacial score (nSPS) is 12.9. The maximum Gasteiger partial charge on any atom is 0.318 e. The first kappa shape index (κ1) is 21.5. The second kappa shape index (κ2) is 9.64. The van der Waals surface area contributed by atoms with Gasteiger partial charge in [-0.3, -0.25) is 4.79 Å². The summed E-state index contributed by atoms with van der Waals surface area (Å²) in [5.74, 6) is 1.10. The highest BCUT2D eigenvalue weighted by atomic mass is 16.5. The fourth-order valence-corrected chi connectivity index (χ4v) is 4.08. The van der Waals surface area contributed by atoms with Gasteiger partial charge in [-0.2, -0.15) is 0 Å². The lowest BCUT2D eigenvalue weighted by molar-refractivity contribution is -0.120. The number of amides is 3. The minimum absolute atomic E-state index is 0.0547. The SMILES string of the molecule is COc1ccc(CCNC(=O)CNC(=O)N2CCc3c([nH]c4ccccc34)C2)cc1OC. The zero-order valence-corrected chi connectivity index (χ0v) is 18.4. The first-order valence-electron chi connectivity index (χ1n) is 10.7. The summed E-state index contributed by atoms with van der Waals surface area (Å²) in [5, 5.41) is 6.78. The van der Waals surface area contributed by atoms with Gasteiger partial charge in [0.2, 0.25) is 5.91 Å². The van der Waals surface area contributed by atoms with Gasteiger partial charge in [0.05, 0.1) is 27.3 Å². The third-order valence-electron chi connectivity index (χ3n) is 5.75. The number of urea groups is 1. The van der Waals surface area contributed by atoms with Gasteiger partial charge in [-0.1, -0.05) is 24.3 Å². The van der Waals surface area contributed by atoms with Crippen LogP contribution < -0.4 is 20.1 Å². The van der Waals surface area contributed by atoms with E-state index in [0.717, 1.165) is 23.2 Å². The molecule has 0 radical (unpaired) electrons. The Kier molecular flexibility index (Phi) is 6.49. The molecule has 0 fully saturated rings. The smallest absolute Gasteiger partial charge is 0.318 e. The van der Waals surface area contributed by atoms with Gasteiger partial charge in [-0.25, -0.2) is 4.79 Å². The molecule has 3 N–H and O–H groups in total. The van der Waals surface area contributed by atoms with Crippen LogP contribution in [0.5, 0.6) is 11.5 Å². The summed E-state index contributed by atoms with van der Waals surface area (Å²) in [4.78, 5) is 29.9. The van der Waals surface area contributed by atoms with Crippen LogP contribution in [0.1, 0.15) is 16.8 Å². The van der Waals surface area contributed by atoms with Crippen molar-refractivity contribution >= 4 is 22.8 Å². The lowest BCUT2D eigenvalue weighted by atomic mass is 10.0. The van der Waals surface area contributed by atoms with Crippen molar-refractivity contribution in [2.75, 3.05) is 33.9 Å². The van der Waals surface area contributed by atoms with Crippen LogP contribution >= 0.6 is 0 Å². The van der Waals surface area contributed by atoms with E-state index < -0.39 is 0 Å². The zero-order valence-electron chi connectivity index (χ0n) is 18.4. The van der Waals surface area contributed by atoms with Gasteiger partial charge < -0.3 is 30.0 Å². The van der Waals surface area contributed by atoms with Crippen LogP contribution in [0, 0.1) is 0 Å². The first-order chi connectivity index (χ1) is 15.6. The van der Waals surface area contributed by atoms with E-state index in [4.69, 9.17) is 9.47 Å². The highest BCUT2D eigenvalue weighted by molar-refractivity contribution is 5.86. The fourth-order valence-electron chi connectivity index (χ4n) is 4.08. The monoisotopic (exact) mass is 436 g/mol. The summed E-state index contributed by atoms with van der Waals surface area (Å²) in [6.45, 7) is 1.55. The first-order valence-corrected chi connectivity index (χ1v) is 10.7. The van der Waals surface area contributed by atoms with Crippen molar-refractivity contribution in [3.63, 3.8) is 0 Å². The van der Waals surface area contributed by atoms with Crippen LogP contribution in [0.25, 0.3) is 10.9 Å². The molecule has 3 aromatic rings. The summed E-state index contributed by atoms with van der Waals surface area (Å²) in [6.07, 6.45) is 1.44. The molecule has 2 aromatic carbocycles. The molecule has 32 heavy (non-hydrogen) atoms. The van der Waals surface area contributed by atoms with Crippen molar-refractivity contribution in [3.8, 4) is 11.5 Å². The quantitative estimate of drug-likeness (QED) is 0.531. The molecule has 1 aliphatic rings. The summed E-state index contributed by atoms with van der Waals surface area (Å²) >= 11 is 0. The fraction of sp³-hybridized carbons (Fsp3) is 0.333. The van der Waals surface area contributed by atoms with Gasteiger partial charge in [0, 0.05) is 29.7 Å². The molecule has 2 heterocycles. The Labute approximate surface area is 186 Å². The van der Waals surface area contributed by atoms with Gasteiger partial charge in [0.1, 0.15) is 0 Å². The highest BCUT2D eigenvalue weighted by Crippen LogP contribution is 2.28. The predicted octanol–water partition coefficient (Wildman–Crippen LogP) is 2.61. The lowest BCUT2D eigenvalue weighted by Crippen LogP contribution is -2.46. The number of carbonyl (C=O) groups excluding carboxylic acids is 2. The van der Waals surface area contributed by atoms with E-state index in [2.05, 4.69) is 21.7 Å². The molecule has 8 heteroatoms. The van der Waals surface area contributed by atoms with Crippen LogP contribution in [-0.2, 0) is 24.2 Å². The van der Waals surface area contributed by atoms with Crippen molar-refractivity contribution in [1.82, 2.24) is 20.5 Å². The summed E-state index contributed by atoms with van der Waals surface area (Å²) in [5.41, 5.74) is 4.45. The molecular formula is C24H28N4O4. The average Bonchev–Trinajstić information content (AvgIpc) is 3.20. The molecule has 1 aromatic heterocycles. The molecule has 3 amide bonds. The van der Waals surface area contributed by atoms with Crippen LogP contribution in [-0.4, -0.2) is 55.7 Å². The number of rotatable bonds is 7. The number of nitrogens with one attached hydrogen (secondary N) is 3. The highest BCUT2D eigenvalue weighted by Gasteiger charge is 2.23. The molecule has 0 saturated carbocycles. The van der Waals surface area contributed by atoms with Crippen LogP contribution in [0.4, 0.5) is 4.79 Å². The van der Waals surface area contributed by atoms with Gasteiger partial charge in [0.25, 0.3) is 0 Å². The molecule has 0 bridgehead atoms. The molecule has 0 atom stereocenters. The molecule has 0 unspecified atom stereocenters. The van der Waals surface area contributed by atoms with Crippen molar-refractivity contribution < 1.29 is 19.1 Å². The number of aromatic nitrogens is 1. The van der Waals surface area contributed by atoms with Gasteiger partial charge >= 0.3 is 6.03 Å². The van der Waals surface area contributed by atoms with E-state index >= 15 is 0 Å². The molecular weight excluding hydrogens is 408 g/mol. The zero-order chi connectivity index (χ0) is 22.5. The second-order valence-electron chi connectivity index (χ2n) is 7.75. The number of aromatic amines is 1. The van der Waals surface area contributed by atoms with E-state index in [1.54, 1.807) is 19.1 Å². The minimum atomic E-state index is -0.232. The average molecular weight is 437 g/mol. The number of ether oxygens (including phenoxy) is 2. The Hall–Kier alpha value is -3.68.